The summed E-state index contributed by atoms with van der Waals surface area (Å²) in [5, 5.41) is 2.82. The highest BCUT2D eigenvalue weighted by Crippen LogP contribution is 2.33. The zero-order valence-electron chi connectivity index (χ0n) is 15.9. The van der Waals surface area contributed by atoms with Crippen LogP contribution in [-0.2, 0) is 9.47 Å². The van der Waals surface area contributed by atoms with Gasteiger partial charge < -0.3 is 29.2 Å². The fourth-order valence-electron chi connectivity index (χ4n) is 3.78. The smallest absolute Gasteiger partial charge is 0.275 e. The molecule has 0 atom stereocenters. The van der Waals surface area contributed by atoms with Crippen molar-refractivity contribution < 1.29 is 23.7 Å². The van der Waals surface area contributed by atoms with Crippen molar-refractivity contribution in [3.05, 3.63) is 36.3 Å². The van der Waals surface area contributed by atoms with Crippen molar-refractivity contribution >= 4 is 17.4 Å². The Balaban J connectivity index is 1.21. The third-order valence-electron chi connectivity index (χ3n) is 5.33. The minimum Gasteiger partial charge on any atom is -0.486 e. The fraction of sp³-hybridized carbons (Fsp3) is 0.450. The van der Waals surface area contributed by atoms with E-state index in [1.807, 2.05) is 0 Å². The summed E-state index contributed by atoms with van der Waals surface area (Å²) in [5.41, 5.74) is 0.864. The van der Waals surface area contributed by atoms with Gasteiger partial charge in [-0.25, -0.2) is 9.97 Å². The molecule has 0 bridgehead atoms. The molecule has 9 heteroatoms. The van der Waals surface area contributed by atoms with Gasteiger partial charge in [0, 0.05) is 37.7 Å². The zero-order chi connectivity index (χ0) is 19.7. The van der Waals surface area contributed by atoms with Crippen LogP contribution in [0.4, 0.5) is 11.5 Å². The molecule has 1 N–H and O–H groups in total. The molecule has 0 aliphatic carbocycles. The molecule has 9 nitrogen and oxygen atoms in total. The highest BCUT2D eigenvalue weighted by molar-refractivity contribution is 6.02. The maximum absolute atomic E-state index is 12.5. The van der Waals surface area contributed by atoms with Crippen LogP contribution >= 0.6 is 0 Å². The number of amides is 1. The Morgan fingerprint density at radius 2 is 1.72 bits per heavy atom. The van der Waals surface area contributed by atoms with Crippen LogP contribution in [0, 0.1) is 0 Å². The second-order valence-corrected chi connectivity index (χ2v) is 7.17. The molecule has 1 amide bonds. The number of nitrogens with one attached hydrogen (secondary N) is 1. The number of anilines is 2. The molecule has 29 heavy (non-hydrogen) atoms. The number of ether oxygens (including phenoxy) is 4. The van der Waals surface area contributed by atoms with Gasteiger partial charge in [-0.1, -0.05) is 0 Å². The van der Waals surface area contributed by atoms with E-state index in [2.05, 4.69) is 20.2 Å². The normalized spacial score (nSPS) is 19.9. The minimum atomic E-state index is -0.423. The summed E-state index contributed by atoms with van der Waals surface area (Å²) in [4.78, 5) is 23.4. The number of carbonyl (C=O) groups is 1. The van der Waals surface area contributed by atoms with Crippen molar-refractivity contribution in [1.82, 2.24) is 9.97 Å². The maximum atomic E-state index is 12.5. The number of aromatic nitrogens is 2. The van der Waals surface area contributed by atoms with Crippen LogP contribution < -0.4 is 19.7 Å². The van der Waals surface area contributed by atoms with E-state index >= 15 is 0 Å². The zero-order valence-corrected chi connectivity index (χ0v) is 15.9. The minimum absolute atomic E-state index is 0.250. The van der Waals surface area contributed by atoms with E-state index in [0.29, 0.717) is 43.6 Å². The van der Waals surface area contributed by atoms with Crippen LogP contribution in [0.1, 0.15) is 23.3 Å². The van der Waals surface area contributed by atoms with Gasteiger partial charge in [-0.2, -0.15) is 0 Å². The first-order chi connectivity index (χ1) is 14.2. The van der Waals surface area contributed by atoms with Gasteiger partial charge in [0.1, 0.15) is 24.7 Å². The molecule has 0 radical (unpaired) electrons. The average Bonchev–Trinajstić information content (AvgIpc) is 3.22. The van der Waals surface area contributed by atoms with E-state index in [1.54, 1.807) is 24.4 Å². The van der Waals surface area contributed by atoms with Crippen molar-refractivity contribution in [2.45, 2.75) is 18.6 Å². The van der Waals surface area contributed by atoms with Crippen LogP contribution in [0.2, 0.25) is 0 Å². The second kappa shape index (κ2) is 7.49. The lowest BCUT2D eigenvalue weighted by atomic mass is 10.0. The Hall–Kier alpha value is -2.91. The molecule has 5 rings (SSSR count). The topological polar surface area (TPSA) is 95.0 Å². The molecule has 4 heterocycles. The van der Waals surface area contributed by atoms with Crippen LogP contribution in [0.5, 0.6) is 11.5 Å². The predicted octanol–water partition coefficient (Wildman–Crippen LogP) is 1.84. The highest BCUT2D eigenvalue weighted by Gasteiger charge is 2.40. The summed E-state index contributed by atoms with van der Waals surface area (Å²) in [5.74, 6) is 1.29. The summed E-state index contributed by atoms with van der Waals surface area (Å²) >= 11 is 0. The first-order valence-electron chi connectivity index (χ1n) is 9.77. The molecule has 152 valence electrons. The van der Waals surface area contributed by atoms with E-state index < -0.39 is 5.79 Å². The number of hydrogen-bond acceptors (Lipinski definition) is 8. The van der Waals surface area contributed by atoms with Gasteiger partial charge in [0.2, 0.25) is 0 Å². The molecular formula is C20H22N4O5. The average molecular weight is 398 g/mol. The molecule has 1 aromatic carbocycles. The van der Waals surface area contributed by atoms with E-state index in [0.717, 1.165) is 31.7 Å². The van der Waals surface area contributed by atoms with Crippen molar-refractivity contribution in [3.63, 3.8) is 0 Å². The molecular weight excluding hydrogens is 376 g/mol. The lowest BCUT2D eigenvalue weighted by Gasteiger charge is -2.37. The lowest BCUT2D eigenvalue weighted by Crippen LogP contribution is -2.45. The Morgan fingerprint density at radius 1 is 0.966 bits per heavy atom. The van der Waals surface area contributed by atoms with Gasteiger partial charge in [-0.05, 0) is 12.1 Å². The molecule has 0 saturated carbocycles. The van der Waals surface area contributed by atoms with Crippen LogP contribution in [0.15, 0.2) is 30.6 Å². The SMILES string of the molecule is O=C(Nc1ccc2c(c1)OCCO2)c1cnc(N2CCC3(CC2)OCCO3)cn1. The highest BCUT2D eigenvalue weighted by atomic mass is 16.7. The largest absolute Gasteiger partial charge is 0.486 e. The number of rotatable bonds is 3. The first-order valence-corrected chi connectivity index (χ1v) is 9.77. The standard InChI is InChI=1S/C20H22N4O5/c25-19(23-14-1-2-16-17(11-14)27-8-7-26-16)15-12-22-18(13-21-15)24-5-3-20(4-6-24)28-9-10-29-20/h1-2,11-13H,3-10H2,(H,23,25). The maximum Gasteiger partial charge on any atom is 0.275 e. The van der Waals surface area contributed by atoms with Gasteiger partial charge in [0.15, 0.2) is 17.3 Å². The molecule has 2 saturated heterocycles. The van der Waals surface area contributed by atoms with Gasteiger partial charge in [0.25, 0.3) is 5.91 Å². The number of fused-ring (bicyclic) bond motifs is 1. The van der Waals surface area contributed by atoms with Gasteiger partial charge >= 0.3 is 0 Å². The van der Waals surface area contributed by atoms with Crippen LogP contribution in [-0.4, -0.2) is 61.2 Å². The van der Waals surface area contributed by atoms with Crippen molar-refractivity contribution in [2.75, 3.05) is 49.7 Å². The third-order valence-corrected chi connectivity index (χ3v) is 5.33. The first kappa shape index (κ1) is 18.1. The van der Waals surface area contributed by atoms with Crippen molar-refractivity contribution in [1.29, 1.82) is 0 Å². The number of nitrogens with zero attached hydrogens (tertiary/aromatic N) is 3. The monoisotopic (exact) mass is 398 g/mol. The van der Waals surface area contributed by atoms with Gasteiger partial charge in [-0.15, -0.1) is 0 Å². The molecule has 1 spiro atoms. The summed E-state index contributed by atoms with van der Waals surface area (Å²) in [6.07, 6.45) is 4.71. The predicted molar refractivity (Wildman–Crippen MR) is 103 cm³/mol. The Bertz CT molecular complexity index is 888. The van der Waals surface area contributed by atoms with Crippen molar-refractivity contribution in [2.24, 2.45) is 0 Å². The van der Waals surface area contributed by atoms with Gasteiger partial charge in [0.05, 0.1) is 25.6 Å². The molecule has 3 aliphatic heterocycles. The van der Waals surface area contributed by atoms with Gasteiger partial charge in [-0.3, -0.25) is 4.79 Å². The summed E-state index contributed by atoms with van der Waals surface area (Å²) in [7, 11) is 0. The number of piperidine rings is 1. The van der Waals surface area contributed by atoms with E-state index in [9.17, 15) is 4.79 Å². The van der Waals surface area contributed by atoms with E-state index in [4.69, 9.17) is 18.9 Å². The lowest BCUT2D eigenvalue weighted by molar-refractivity contribution is -0.169. The number of carbonyl (C=O) groups excluding carboxylic acids is 1. The summed E-state index contributed by atoms with van der Waals surface area (Å²) < 4.78 is 22.5. The Labute approximate surface area is 167 Å². The molecule has 2 aromatic rings. The number of benzene rings is 1. The Morgan fingerprint density at radius 3 is 2.45 bits per heavy atom. The molecule has 0 unspecified atom stereocenters. The van der Waals surface area contributed by atoms with Crippen LogP contribution in [0.3, 0.4) is 0 Å². The fourth-order valence-corrected chi connectivity index (χ4v) is 3.78. The summed E-state index contributed by atoms with van der Waals surface area (Å²) in [6, 6.07) is 5.29. The third kappa shape index (κ3) is 3.70. The Kier molecular flexibility index (Phi) is 4.69. The van der Waals surface area contributed by atoms with Crippen LogP contribution in [0.25, 0.3) is 0 Å². The van der Waals surface area contributed by atoms with E-state index in [-0.39, 0.29) is 11.6 Å². The second-order valence-electron chi connectivity index (χ2n) is 7.17. The molecule has 1 aromatic heterocycles. The van der Waals surface area contributed by atoms with Crippen molar-refractivity contribution in [3.8, 4) is 11.5 Å². The molecule has 3 aliphatic rings. The summed E-state index contributed by atoms with van der Waals surface area (Å²) in [6.45, 7) is 3.89. The molecule has 2 fully saturated rings. The quantitative estimate of drug-likeness (QED) is 0.837. The van der Waals surface area contributed by atoms with E-state index in [1.165, 1.54) is 6.20 Å². The number of hydrogen-bond donors (Lipinski definition) is 1.